The van der Waals surface area contributed by atoms with Crippen molar-refractivity contribution in [2.75, 3.05) is 11.9 Å². The van der Waals surface area contributed by atoms with Gasteiger partial charge in [-0.1, -0.05) is 26.7 Å². The van der Waals surface area contributed by atoms with Gasteiger partial charge in [-0.15, -0.1) is 0 Å². The summed E-state index contributed by atoms with van der Waals surface area (Å²) in [6, 6.07) is 5.44. The molecule has 0 aliphatic rings. The molecule has 0 heterocycles. The highest BCUT2D eigenvalue weighted by molar-refractivity contribution is 5.89. The Hall–Kier alpha value is -2.11. The molecule has 0 atom stereocenters. The summed E-state index contributed by atoms with van der Waals surface area (Å²) in [5.74, 6) is 0.475. The molecule has 2 amide bonds. The summed E-state index contributed by atoms with van der Waals surface area (Å²) in [7, 11) is 0. The molecule has 0 spiro atoms. The van der Waals surface area contributed by atoms with Crippen molar-refractivity contribution in [2.45, 2.75) is 26.7 Å². The van der Waals surface area contributed by atoms with Crippen LogP contribution in [-0.4, -0.2) is 17.5 Å². The molecule has 0 aromatic heterocycles. The number of hydrogen-bond donors (Lipinski definition) is 2. The lowest BCUT2D eigenvalue weighted by Crippen LogP contribution is -2.32. The minimum atomic E-state index is -0.475. The van der Waals surface area contributed by atoms with E-state index in [1.54, 1.807) is 0 Å². The molecule has 19 heavy (non-hydrogen) atoms. The number of hydrogen-bond acceptors (Lipinski definition) is 3. The van der Waals surface area contributed by atoms with Crippen LogP contribution in [0.4, 0.5) is 16.2 Å². The molecule has 0 unspecified atom stereocenters. The highest BCUT2D eigenvalue weighted by Crippen LogP contribution is 2.15. The summed E-state index contributed by atoms with van der Waals surface area (Å²) in [6.45, 7) is 4.81. The molecule has 0 fully saturated rings. The number of carbonyl (C=O) groups excluding carboxylic acids is 1. The van der Waals surface area contributed by atoms with Crippen molar-refractivity contribution in [3.63, 3.8) is 0 Å². The maximum absolute atomic E-state index is 11.6. The van der Waals surface area contributed by atoms with Gasteiger partial charge in [-0.3, -0.25) is 10.1 Å². The van der Waals surface area contributed by atoms with Gasteiger partial charge in [0.25, 0.3) is 5.69 Å². The molecule has 0 saturated carbocycles. The van der Waals surface area contributed by atoms with Crippen molar-refractivity contribution in [2.24, 2.45) is 5.92 Å². The maximum atomic E-state index is 11.6. The summed E-state index contributed by atoms with van der Waals surface area (Å²) >= 11 is 0. The average molecular weight is 265 g/mol. The van der Waals surface area contributed by atoms with Crippen molar-refractivity contribution < 1.29 is 9.72 Å². The lowest BCUT2D eigenvalue weighted by molar-refractivity contribution is -0.384. The zero-order valence-corrected chi connectivity index (χ0v) is 11.2. The Labute approximate surface area is 112 Å². The molecular weight excluding hydrogens is 246 g/mol. The van der Waals surface area contributed by atoms with Crippen LogP contribution in [0.5, 0.6) is 0 Å². The first-order chi connectivity index (χ1) is 9.06. The Balaban J connectivity index is 2.46. The van der Waals surface area contributed by atoms with Crippen molar-refractivity contribution in [1.82, 2.24) is 5.32 Å². The molecule has 0 aliphatic heterocycles. The lowest BCUT2D eigenvalue weighted by atomic mass is 10.0. The van der Waals surface area contributed by atoms with E-state index in [0.29, 0.717) is 18.2 Å². The van der Waals surface area contributed by atoms with Gasteiger partial charge in [0, 0.05) is 24.4 Å². The number of nitrogens with one attached hydrogen (secondary N) is 2. The van der Waals surface area contributed by atoms with Crippen LogP contribution in [0.1, 0.15) is 26.7 Å². The zero-order valence-electron chi connectivity index (χ0n) is 11.2. The number of amides is 2. The molecule has 0 aliphatic carbocycles. The zero-order chi connectivity index (χ0) is 14.3. The quantitative estimate of drug-likeness (QED) is 0.612. The second kappa shape index (κ2) is 7.35. The topological polar surface area (TPSA) is 84.3 Å². The highest BCUT2D eigenvalue weighted by atomic mass is 16.6. The molecule has 6 heteroatoms. The van der Waals surface area contributed by atoms with E-state index in [0.717, 1.165) is 12.8 Å². The number of anilines is 1. The number of urea groups is 1. The Bertz CT molecular complexity index is 427. The van der Waals surface area contributed by atoms with E-state index in [1.165, 1.54) is 24.3 Å². The third-order valence-electron chi connectivity index (χ3n) is 3.04. The third-order valence-corrected chi connectivity index (χ3v) is 3.04. The number of benzene rings is 1. The third kappa shape index (κ3) is 4.95. The van der Waals surface area contributed by atoms with Crippen molar-refractivity contribution in [1.29, 1.82) is 0 Å². The summed E-state index contributed by atoms with van der Waals surface area (Å²) in [5.41, 5.74) is 0.538. The van der Waals surface area contributed by atoms with Gasteiger partial charge in [0.1, 0.15) is 0 Å². The summed E-state index contributed by atoms with van der Waals surface area (Å²) < 4.78 is 0. The van der Waals surface area contributed by atoms with Gasteiger partial charge in [0.2, 0.25) is 0 Å². The van der Waals surface area contributed by atoms with E-state index in [4.69, 9.17) is 0 Å². The predicted molar refractivity (Wildman–Crippen MR) is 74.2 cm³/mol. The Kier molecular flexibility index (Phi) is 5.78. The van der Waals surface area contributed by atoms with Crippen LogP contribution >= 0.6 is 0 Å². The largest absolute Gasteiger partial charge is 0.338 e. The molecule has 104 valence electrons. The van der Waals surface area contributed by atoms with Gasteiger partial charge < -0.3 is 10.6 Å². The summed E-state index contributed by atoms with van der Waals surface area (Å²) in [5, 5.41) is 15.9. The maximum Gasteiger partial charge on any atom is 0.319 e. The summed E-state index contributed by atoms with van der Waals surface area (Å²) in [4.78, 5) is 21.6. The smallest absolute Gasteiger partial charge is 0.319 e. The fourth-order valence-corrected chi connectivity index (χ4v) is 1.66. The van der Waals surface area contributed by atoms with E-state index in [2.05, 4.69) is 24.5 Å². The average Bonchev–Trinajstić information content (AvgIpc) is 2.40. The Morgan fingerprint density at radius 3 is 2.32 bits per heavy atom. The first-order valence-corrected chi connectivity index (χ1v) is 6.36. The number of non-ortho nitro benzene ring substituents is 1. The molecule has 6 nitrogen and oxygen atoms in total. The normalized spacial score (nSPS) is 10.3. The minimum absolute atomic E-state index is 0.00277. The van der Waals surface area contributed by atoms with Gasteiger partial charge in [0.05, 0.1) is 4.92 Å². The Morgan fingerprint density at radius 2 is 1.84 bits per heavy atom. The minimum Gasteiger partial charge on any atom is -0.338 e. The van der Waals surface area contributed by atoms with Crippen LogP contribution in [0.3, 0.4) is 0 Å². The van der Waals surface area contributed by atoms with E-state index in [-0.39, 0.29) is 11.7 Å². The molecule has 0 bridgehead atoms. The first kappa shape index (κ1) is 14.9. The van der Waals surface area contributed by atoms with E-state index < -0.39 is 4.92 Å². The first-order valence-electron chi connectivity index (χ1n) is 6.36. The molecule has 1 aromatic rings. The number of carbonyl (C=O) groups is 1. The van der Waals surface area contributed by atoms with E-state index in [1.807, 2.05) is 0 Å². The van der Waals surface area contributed by atoms with Gasteiger partial charge >= 0.3 is 6.03 Å². The second-order valence-corrected chi connectivity index (χ2v) is 4.32. The standard InChI is InChI=1S/C13H19N3O3/c1-3-10(4-2)9-14-13(17)15-11-5-7-12(8-6-11)16(18)19/h5-8,10H,3-4,9H2,1-2H3,(H2,14,15,17). The lowest BCUT2D eigenvalue weighted by Gasteiger charge is -2.13. The fraction of sp³-hybridized carbons (Fsp3) is 0.462. The van der Waals surface area contributed by atoms with Crippen LogP contribution in [0.2, 0.25) is 0 Å². The van der Waals surface area contributed by atoms with Crippen LogP contribution < -0.4 is 10.6 Å². The fourth-order valence-electron chi connectivity index (χ4n) is 1.66. The number of nitro groups is 1. The molecule has 1 aromatic carbocycles. The van der Waals surface area contributed by atoms with Crippen LogP contribution in [0.25, 0.3) is 0 Å². The Morgan fingerprint density at radius 1 is 1.26 bits per heavy atom. The van der Waals surface area contributed by atoms with Gasteiger partial charge in [-0.25, -0.2) is 4.79 Å². The van der Waals surface area contributed by atoms with Gasteiger partial charge in [-0.05, 0) is 18.1 Å². The molecule has 2 N–H and O–H groups in total. The predicted octanol–water partition coefficient (Wildman–Crippen LogP) is 3.15. The number of nitrogens with zero attached hydrogens (tertiary/aromatic N) is 1. The van der Waals surface area contributed by atoms with Crippen molar-refractivity contribution >= 4 is 17.4 Å². The molecular formula is C13H19N3O3. The second-order valence-electron chi connectivity index (χ2n) is 4.32. The molecule has 1 rings (SSSR count). The van der Waals surface area contributed by atoms with Crippen LogP contribution in [-0.2, 0) is 0 Å². The number of nitro benzene ring substituents is 1. The van der Waals surface area contributed by atoms with E-state index >= 15 is 0 Å². The van der Waals surface area contributed by atoms with Crippen molar-refractivity contribution in [3.8, 4) is 0 Å². The van der Waals surface area contributed by atoms with Crippen LogP contribution in [0.15, 0.2) is 24.3 Å². The monoisotopic (exact) mass is 265 g/mol. The van der Waals surface area contributed by atoms with Gasteiger partial charge in [0.15, 0.2) is 0 Å². The van der Waals surface area contributed by atoms with Crippen LogP contribution in [0, 0.1) is 16.0 Å². The number of rotatable bonds is 6. The molecule has 0 radical (unpaired) electrons. The van der Waals surface area contributed by atoms with E-state index in [9.17, 15) is 14.9 Å². The summed E-state index contributed by atoms with van der Waals surface area (Å²) in [6.07, 6.45) is 2.04. The SMILES string of the molecule is CCC(CC)CNC(=O)Nc1ccc([N+](=O)[O-])cc1. The molecule has 0 saturated heterocycles. The highest BCUT2D eigenvalue weighted by Gasteiger charge is 2.08. The van der Waals surface area contributed by atoms with Crippen molar-refractivity contribution in [3.05, 3.63) is 34.4 Å². The van der Waals surface area contributed by atoms with Gasteiger partial charge in [-0.2, -0.15) is 0 Å².